The lowest BCUT2D eigenvalue weighted by molar-refractivity contribution is 0.415. The van der Waals surface area contributed by atoms with E-state index in [-0.39, 0.29) is 0 Å². The zero-order valence-electron chi connectivity index (χ0n) is 11.5. The minimum absolute atomic E-state index is 0.576. The van der Waals surface area contributed by atoms with Crippen LogP contribution in [0.25, 0.3) is 10.1 Å². The molecule has 0 aliphatic rings. The van der Waals surface area contributed by atoms with E-state index in [1.54, 1.807) is 30.6 Å². The standard InChI is InChI=1S/C10H9ClOS.C7H5N/c1-12-8-2-3-9-7(5-11)6-13-10(9)4-8;8-6-7-4-2-1-3-5-7/h2-4,6H,5H2,1H3;1-5H. The molecule has 2 aromatic carbocycles. The highest BCUT2D eigenvalue weighted by atomic mass is 35.5. The molecule has 0 atom stereocenters. The summed E-state index contributed by atoms with van der Waals surface area (Å²) < 4.78 is 6.37. The van der Waals surface area contributed by atoms with Gasteiger partial charge >= 0.3 is 0 Å². The summed E-state index contributed by atoms with van der Waals surface area (Å²) in [7, 11) is 1.68. The van der Waals surface area contributed by atoms with E-state index in [0.29, 0.717) is 11.4 Å². The molecular formula is C17H14ClNOS. The number of rotatable bonds is 2. The lowest BCUT2D eigenvalue weighted by Crippen LogP contribution is -1.80. The van der Waals surface area contributed by atoms with E-state index in [9.17, 15) is 0 Å². The molecule has 0 amide bonds. The second-order valence-corrected chi connectivity index (χ2v) is 5.41. The lowest BCUT2D eigenvalue weighted by Gasteiger charge is -1.98. The van der Waals surface area contributed by atoms with E-state index in [1.165, 1.54) is 15.6 Å². The molecule has 0 saturated carbocycles. The van der Waals surface area contributed by atoms with Crippen molar-refractivity contribution in [2.45, 2.75) is 5.88 Å². The molecule has 21 heavy (non-hydrogen) atoms. The van der Waals surface area contributed by atoms with Crippen LogP contribution in [0.1, 0.15) is 11.1 Å². The average molecular weight is 316 g/mol. The predicted octanol–water partition coefficient (Wildman–Crippen LogP) is 5.21. The van der Waals surface area contributed by atoms with Crippen LogP contribution in [0.5, 0.6) is 5.75 Å². The third kappa shape index (κ3) is 3.98. The number of benzene rings is 2. The maximum Gasteiger partial charge on any atom is 0.120 e. The number of halogens is 1. The van der Waals surface area contributed by atoms with Crippen LogP contribution in [0, 0.1) is 11.3 Å². The number of thiophene rings is 1. The van der Waals surface area contributed by atoms with Crippen LogP contribution in [0.3, 0.4) is 0 Å². The Labute approximate surface area is 133 Å². The number of hydrogen-bond donors (Lipinski definition) is 0. The summed E-state index contributed by atoms with van der Waals surface area (Å²) in [6, 6.07) is 17.2. The average Bonchev–Trinajstić information content (AvgIpc) is 2.98. The van der Waals surface area contributed by atoms with Crippen molar-refractivity contribution in [3.8, 4) is 11.8 Å². The largest absolute Gasteiger partial charge is 0.497 e. The first-order chi connectivity index (χ1) is 10.3. The second kappa shape index (κ2) is 7.68. The Morgan fingerprint density at radius 3 is 2.52 bits per heavy atom. The van der Waals surface area contributed by atoms with Crippen LogP contribution in [0.15, 0.2) is 53.9 Å². The molecule has 2 nitrogen and oxygen atoms in total. The van der Waals surface area contributed by atoms with Crippen molar-refractivity contribution in [2.75, 3.05) is 7.11 Å². The molecule has 1 heterocycles. The third-order valence-electron chi connectivity index (χ3n) is 2.91. The smallest absolute Gasteiger partial charge is 0.120 e. The number of nitriles is 1. The summed E-state index contributed by atoms with van der Waals surface area (Å²) in [6.45, 7) is 0. The molecule has 106 valence electrons. The fourth-order valence-electron chi connectivity index (χ4n) is 1.81. The van der Waals surface area contributed by atoms with Crippen LogP contribution in [0.4, 0.5) is 0 Å². The first-order valence-corrected chi connectivity index (χ1v) is 7.75. The monoisotopic (exact) mass is 315 g/mol. The Morgan fingerprint density at radius 2 is 1.95 bits per heavy atom. The van der Waals surface area contributed by atoms with Crippen molar-refractivity contribution in [3.05, 3.63) is 65.0 Å². The van der Waals surface area contributed by atoms with Crippen molar-refractivity contribution in [2.24, 2.45) is 0 Å². The topological polar surface area (TPSA) is 33.0 Å². The minimum atomic E-state index is 0.576. The van der Waals surface area contributed by atoms with Crippen LogP contribution in [-0.4, -0.2) is 7.11 Å². The number of hydrogen-bond acceptors (Lipinski definition) is 3. The molecule has 0 N–H and O–H groups in total. The molecule has 0 fully saturated rings. The maximum atomic E-state index is 8.29. The number of fused-ring (bicyclic) bond motifs is 1. The zero-order chi connectivity index (χ0) is 15.1. The Hall–Kier alpha value is -2.02. The minimum Gasteiger partial charge on any atom is -0.497 e. The summed E-state index contributed by atoms with van der Waals surface area (Å²) in [5, 5.41) is 11.6. The van der Waals surface area contributed by atoms with E-state index in [4.69, 9.17) is 21.6 Å². The molecular weight excluding hydrogens is 302 g/mol. The predicted molar refractivity (Wildman–Crippen MR) is 89.1 cm³/mol. The van der Waals surface area contributed by atoms with Gasteiger partial charge in [-0.15, -0.1) is 22.9 Å². The number of nitrogens with zero attached hydrogens (tertiary/aromatic N) is 1. The van der Waals surface area contributed by atoms with Crippen molar-refractivity contribution < 1.29 is 4.74 Å². The molecule has 0 radical (unpaired) electrons. The molecule has 3 rings (SSSR count). The van der Waals surface area contributed by atoms with Gasteiger partial charge < -0.3 is 4.74 Å². The normalized spacial score (nSPS) is 9.57. The number of alkyl halides is 1. The highest BCUT2D eigenvalue weighted by Gasteiger charge is 2.03. The van der Waals surface area contributed by atoms with Crippen LogP contribution in [-0.2, 0) is 5.88 Å². The van der Waals surface area contributed by atoms with Crippen molar-refractivity contribution >= 4 is 33.0 Å². The van der Waals surface area contributed by atoms with Crippen LogP contribution < -0.4 is 4.74 Å². The highest BCUT2D eigenvalue weighted by Crippen LogP contribution is 2.30. The van der Waals surface area contributed by atoms with Gasteiger partial charge in [0.2, 0.25) is 0 Å². The van der Waals surface area contributed by atoms with Gasteiger partial charge in [-0.1, -0.05) is 18.2 Å². The van der Waals surface area contributed by atoms with E-state index in [2.05, 4.69) is 11.4 Å². The van der Waals surface area contributed by atoms with Gasteiger partial charge in [0, 0.05) is 10.6 Å². The second-order valence-electron chi connectivity index (χ2n) is 4.23. The molecule has 4 heteroatoms. The molecule has 1 aromatic heterocycles. The molecule has 0 bridgehead atoms. The number of methoxy groups -OCH3 is 1. The summed E-state index contributed by atoms with van der Waals surface area (Å²) in [5.74, 6) is 1.47. The molecule has 0 aliphatic carbocycles. The maximum absolute atomic E-state index is 8.29. The Bertz CT molecular complexity index is 746. The Morgan fingerprint density at radius 1 is 1.19 bits per heavy atom. The van der Waals surface area contributed by atoms with Gasteiger partial charge in [0.25, 0.3) is 0 Å². The fourth-order valence-corrected chi connectivity index (χ4v) is 3.11. The summed E-state index contributed by atoms with van der Waals surface area (Å²) in [4.78, 5) is 0. The first-order valence-electron chi connectivity index (χ1n) is 6.33. The Kier molecular flexibility index (Phi) is 5.62. The van der Waals surface area contributed by atoms with E-state index >= 15 is 0 Å². The SMILES string of the molecule is COc1ccc2c(CCl)csc2c1.N#Cc1ccccc1. The van der Waals surface area contributed by atoms with E-state index in [0.717, 1.165) is 5.75 Å². The summed E-state index contributed by atoms with van der Waals surface area (Å²) >= 11 is 7.50. The molecule has 3 aromatic rings. The number of ether oxygens (including phenoxy) is 1. The fraction of sp³-hybridized carbons (Fsp3) is 0.118. The van der Waals surface area contributed by atoms with Gasteiger partial charge in [-0.05, 0) is 46.7 Å². The summed E-state index contributed by atoms with van der Waals surface area (Å²) in [5.41, 5.74) is 1.91. The van der Waals surface area contributed by atoms with E-state index in [1.807, 2.05) is 36.4 Å². The van der Waals surface area contributed by atoms with Gasteiger partial charge in [-0.25, -0.2) is 0 Å². The van der Waals surface area contributed by atoms with Crippen LogP contribution >= 0.6 is 22.9 Å². The molecule has 0 unspecified atom stereocenters. The zero-order valence-corrected chi connectivity index (χ0v) is 13.1. The highest BCUT2D eigenvalue weighted by molar-refractivity contribution is 7.17. The van der Waals surface area contributed by atoms with Gasteiger partial charge in [-0.3, -0.25) is 0 Å². The quantitative estimate of drug-likeness (QED) is 0.608. The lowest BCUT2D eigenvalue weighted by atomic mass is 10.2. The van der Waals surface area contributed by atoms with Crippen molar-refractivity contribution in [3.63, 3.8) is 0 Å². The van der Waals surface area contributed by atoms with E-state index < -0.39 is 0 Å². The van der Waals surface area contributed by atoms with Gasteiger partial charge in [0.15, 0.2) is 0 Å². The molecule has 0 spiro atoms. The summed E-state index contributed by atoms with van der Waals surface area (Å²) in [6.07, 6.45) is 0. The molecule has 0 aliphatic heterocycles. The van der Waals surface area contributed by atoms with Gasteiger partial charge in [-0.2, -0.15) is 5.26 Å². The Balaban J connectivity index is 0.000000173. The van der Waals surface area contributed by atoms with Gasteiger partial charge in [0.05, 0.1) is 18.7 Å². The third-order valence-corrected chi connectivity index (χ3v) is 4.19. The van der Waals surface area contributed by atoms with Crippen LogP contribution in [0.2, 0.25) is 0 Å². The molecule has 0 saturated heterocycles. The van der Waals surface area contributed by atoms with Crippen molar-refractivity contribution in [1.82, 2.24) is 0 Å². The van der Waals surface area contributed by atoms with Gasteiger partial charge in [0.1, 0.15) is 5.75 Å². The van der Waals surface area contributed by atoms with Crippen molar-refractivity contribution in [1.29, 1.82) is 5.26 Å². The first kappa shape index (κ1) is 15.4.